The Labute approximate surface area is 94.3 Å². The van der Waals surface area contributed by atoms with Crippen LogP contribution in [0.25, 0.3) is 11.1 Å². The van der Waals surface area contributed by atoms with Gasteiger partial charge in [-0.2, -0.15) is 0 Å². The number of ether oxygens (including phenoxy) is 1. The summed E-state index contributed by atoms with van der Waals surface area (Å²) in [6.45, 7) is 0. The standard InChI is InChI=1S/C13H10ClO/c1-15-11-8-6-10(7-9-11)12-4-2-3-5-13(12)14/h3-9H,1H3. The van der Waals surface area contributed by atoms with E-state index in [4.69, 9.17) is 16.3 Å². The van der Waals surface area contributed by atoms with E-state index < -0.39 is 0 Å². The van der Waals surface area contributed by atoms with Crippen molar-refractivity contribution in [2.24, 2.45) is 0 Å². The van der Waals surface area contributed by atoms with E-state index in [0.717, 1.165) is 21.9 Å². The average Bonchev–Trinajstić information content (AvgIpc) is 2.30. The van der Waals surface area contributed by atoms with Crippen molar-refractivity contribution in [2.45, 2.75) is 0 Å². The molecule has 0 atom stereocenters. The topological polar surface area (TPSA) is 9.23 Å². The molecule has 0 aliphatic heterocycles. The second kappa shape index (κ2) is 4.37. The Hall–Kier alpha value is -1.47. The highest BCUT2D eigenvalue weighted by Gasteiger charge is 2.01. The lowest BCUT2D eigenvalue weighted by atomic mass is 10.1. The smallest absolute Gasteiger partial charge is 0.118 e. The van der Waals surface area contributed by atoms with Crippen LogP contribution in [-0.2, 0) is 0 Å². The first-order chi connectivity index (χ1) is 7.31. The van der Waals surface area contributed by atoms with Gasteiger partial charge in [0.2, 0.25) is 0 Å². The Kier molecular flexibility index (Phi) is 2.93. The van der Waals surface area contributed by atoms with Crippen LogP contribution < -0.4 is 4.74 Å². The van der Waals surface area contributed by atoms with Gasteiger partial charge in [0.05, 0.1) is 7.11 Å². The monoisotopic (exact) mass is 217 g/mol. The molecule has 2 rings (SSSR count). The third-order valence-corrected chi connectivity index (χ3v) is 2.54. The number of methoxy groups -OCH3 is 1. The number of halogens is 1. The van der Waals surface area contributed by atoms with E-state index in [-0.39, 0.29) is 0 Å². The van der Waals surface area contributed by atoms with Gasteiger partial charge in [-0.25, -0.2) is 0 Å². The molecule has 0 amide bonds. The molecule has 15 heavy (non-hydrogen) atoms. The zero-order valence-electron chi connectivity index (χ0n) is 8.33. The van der Waals surface area contributed by atoms with E-state index in [0.29, 0.717) is 0 Å². The molecule has 2 heteroatoms. The summed E-state index contributed by atoms with van der Waals surface area (Å²) >= 11 is 6.08. The van der Waals surface area contributed by atoms with E-state index >= 15 is 0 Å². The average molecular weight is 218 g/mol. The zero-order chi connectivity index (χ0) is 10.7. The maximum Gasteiger partial charge on any atom is 0.118 e. The second-order valence-electron chi connectivity index (χ2n) is 3.13. The lowest BCUT2D eigenvalue weighted by Gasteiger charge is -2.05. The Bertz CT molecular complexity index is 448. The van der Waals surface area contributed by atoms with Crippen molar-refractivity contribution in [3.63, 3.8) is 0 Å². The van der Waals surface area contributed by atoms with Crippen molar-refractivity contribution in [2.75, 3.05) is 7.11 Å². The SMILES string of the molecule is COc1ccc(-c2c[c]ccc2Cl)cc1. The van der Waals surface area contributed by atoms with Crippen LogP contribution >= 0.6 is 11.6 Å². The van der Waals surface area contributed by atoms with Gasteiger partial charge in [-0.3, -0.25) is 0 Å². The number of hydrogen-bond donors (Lipinski definition) is 0. The third kappa shape index (κ3) is 2.13. The van der Waals surface area contributed by atoms with Gasteiger partial charge < -0.3 is 4.74 Å². The maximum atomic E-state index is 6.08. The van der Waals surface area contributed by atoms with Gasteiger partial charge in [0.15, 0.2) is 0 Å². The summed E-state index contributed by atoms with van der Waals surface area (Å²) in [6, 6.07) is 16.3. The van der Waals surface area contributed by atoms with Crippen LogP contribution in [0.3, 0.4) is 0 Å². The summed E-state index contributed by atoms with van der Waals surface area (Å²) in [4.78, 5) is 0. The Morgan fingerprint density at radius 2 is 1.87 bits per heavy atom. The van der Waals surface area contributed by atoms with Crippen molar-refractivity contribution >= 4 is 11.6 Å². The van der Waals surface area contributed by atoms with Crippen molar-refractivity contribution in [3.05, 3.63) is 53.6 Å². The fourth-order valence-corrected chi connectivity index (χ4v) is 1.63. The summed E-state index contributed by atoms with van der Waals surface area (Å²) in [5.74, 6) is 0.842. The molecule has 0 N–H and O–H groups in total. The molecule has 75 valence electrons. The second-order valence-corrected chi connectivity index (χ2v) is 3.54. The van der Waals surface area contributed by atoms with Gasteiger partial charge >= 0.3 is 0 Å². The van der Waals surface area contributed by atoms with E-state index in [9.17, 15) is 0 Å². The number of hydrogen-bond acceptors (Lipinski definition) is 1. The summed E-state index contributed by atoms with van der Waals surface area (Å²) in [5, 5.41) is 0.735. The van der Waals surface area contributed by atoms with Crippen LogP contribution in [-0.4, -0.2) is 7.11 Å². The quantitative estimate of drug-likeness (QED) is 0.743. The first-order valence-corrected chi connectivity index (χ1v) is 4.99. The molecule has 1 radical (unpaired) electrons. The minimum atomic E-state index is 0.735. The van der Waals surface area contributed by atoms with E-state index in [2.05, 4.69) is 6.07 Å². The molecule has 0 aromatic heterocycles. The highest BCUT2D eigenvalue weighted by atomic mass is 35.5. The predicted molar refractivity (Wildman–Crippen MR) is 62.3 cm³/mol. The Morgan fingerprint density at radius 1 is 1.13 bits per heavy atom. The molecule has 0 bridgehead atoms. The fraction of sp³-hybridized carbons (Fsp3) is 0.0769. The van der Waals surface area contributed by atoms with Crippen molar-refractivity contribution < 1.29 is 4.74 Å². The van der Waals surface area contributed by atoms with Gasteiger partial charge in [0.1, 0.15) is 5.75 Å². The van der Waals surface area contributed by atoms with Crippen LogP contribution in [0.15, 0.2) is 42.5 Å². The Balaban J connectivity index is 2.42. The first-order valence-electron chi connectivity index (χ1n) is 4.61. The van der Waals surface area contributed by atoms with Crippen molar-refractivity contribution in [3.8, 4) is 16.9 Å². The van der Waals surface area contributed by atoms with Gasteiger partial charge in [0.25, 0.3) is 0 Å². The number of rotatable bonds is 2. The van der Waals surface area contributed by atoms with Gasteiger partial charge in [-0.15, -0.1) is 0 Å². The molecule has 0 aliphatic carbocycles. The molecule has 2 aromatic carbocycles. The molecule has 2 aromatic rings. The highest BCUT2D eigenvalue weighted by Crippen LogP contribution is 2.28. The highest BCUT2D eigenvalue weighted by molar-refractivity contribution is 6.33. The van der Waals surface area contributed by atoms with Gasteiger partial charge in [-0.05, 0) is 35.9 Å². The zero-order valence-corrected chi connectivity index (χ0v) is 9.08. The van der Waals surface area contributed by atoms with Gasteiger partial charge in [0, 0.05) is 10.6 Å². The predicted octanol–water partition coefficient (Wildman–Crippen LogP) is 3.82. The van der Waals surface area contributed by atoms with Crippen molar-refractivity contribution in [1.82, 2.24) is 0 Å². The van der Waals surface area contributed by atoms with Crippen LogP contribution in [0, 0.1) is 6.07 Å². The number of benzene rings is 2. The molecule has 0 spiro atoms. The molecule has 0 fully saturated rings. The van der Waals surface area contributed by atoms with E-state index in [1.807, 2.05) is 36.4 Å². The Morgan fingerprint density at radius 3 is 2.47 bits per heavy atom. The molecular weight excluding hydrogens is 208 g/mol. The van der Waals surface area contributed by atoms with Crippen LogP contribution in [0.1, 0.15) is 0 Å². The van der Waals surface area contributed by atoms with Crippen molar-refractivity contribution in [1.29, 1.82) is 0 Å². The maximum absolute atomic E-state index is 6.08. The van der Waals surface area contributed by atoms with E-state index in [1.54, 1.807) is 13.2 Å². The molecule has 0 aliphatic rings. The van der Waals surface area contributed by atoms with Gasteiger partial charge in [-0.1, -0.05) is 29.8 Å². The molecule has 0 saturated heterocycles. The molecule has 0 unspecified atom stereocenters. The largest absolute Gasteiger partial charge is 0.497 e. The van der Waals surface area contributed by atoms with E-state index in [1.165, 1.54) is 0 Å². The molecular formula is C13H10ClO. The summed E-state index contributed by atoms with van der Waals surface area (Å²) in [6.07, 6.45) is 0. The minimum Gasteiger partial charge on any atom is -0.497 e. The van der Waals surface area contributed by atoms with Crippen LogP contribution in [0.5, 0.6) is 5.75 Å². The summed E-state index contributed by atoms with van der Waals surface area (Å²) in [7, 11) is 1.65. The molecule has 0 heterocycles. The lowest BCUT2D eigenvalue weighted by Crippen LogP contribution is -1.83. The third-order valence-electron chi connectivity index (χ3n) is 2.21. The fourth-order valence-electron chi connectivity index (χ4n) is 1.40. The first kappa shape index (κ1) is 10.1. The summed E-state index contributed by atoms with van der Waals surface area (Å²) in [5.41, 5.74) is 2.06. The lowest BCUT2D eigenvalue weighted by molar-refractivity contribution is 0.415. The minimum absolute atomic E-state index is 0.735. The normalized spacial score (nSPS) is 10.0. The molecule has 1 nitrogen and oxygen atoms in total. The van der Waals surface area contributed by atoms with Crippen LogP contribution in [0.2, 0.25) is 5.02 Å². The molecule has 0 saturated carbocycles. The van der Waals surface area contributed by atoms with Crippen LogP contribution in [0.4, 0.5) is 0 Å². The summed E-state index contributed by atoms with van der Waals surface area (Å²) < 4.78 is 5.09.